The molecule has 1 aromatic rings. The molecule has 0 aromatic carbocycles. The Labute approximate surface area is 88.9 Å². The van der Waals surface area contributed by atoms with Crippen LogP contribution in [0.2, 0.25) is 0 Å². The Morgan fingerprint density at radius 1 is 1.79 bits per heavy atom. The molecule has 1 saturated heterocycles. The zero-order chi connectivity index (χ0) is 9.80. The van der Waals surface area contributed by atoms with Crippen molar-refractivity contribution in [1.82, 2.24) is 15.6 Å². The van der Waals surface area contributed by atoms with E-state index in [2.05, 4.69) is 22.5 Å². The van der Waals surface area contributed by atoms with E-state index in [4.69, 9.17) is 0 Å². The van der Waals surface area contributed by atoms with Gasteiger partial charge in [0.15, 0.2) is 0 Å². The Balaban J connectivity index is 1.74. The van der Waals surface area contributed by atoms with Gasteiger partial charge < -0.3 is 10.6 Å². The molecule has 1 aliphatic heterocycles. The molecule has 0 radical (unpaired) electrons. The molecular weight excluding hydrogens is 194 g/mol. The van der Waals surface area contributed by atoms with Crippen LogP contribution in [0.15, 0.2) is 11.6 Å². The fraction of sp³-hybridized carbons (Fsp3) is 0.700. The molecular formula is C10H17N3S. The highest BCUT2D eigenvalue weighted by molar-refractivity contribution is 7.09. The van der Waals surface area contributed by atoms with Gasteiger partial charge in [-0.3, -0.25) is 0 Å². The molecule has 0 amide bonds. The van der Waals surface area contributed by atoms with Crippen LogP contribution in [-0.4, -0.2) is 24.1 Å². The maximum atomic E-state index is 4.30. The van der Waals surface area contributed by atoms with Gasteiger partial charge in [-0.1, -0.05) is 0 Å². The Kier molecular flexibility index (Phi) is 3.50. The number of aromatic nitrogens is 1. The highest BCUT2D eigenvalue weighted by atomic mass is 32.1. The molecule has 4 heteroatoms. The Morgan fingerprint density at radius 3 is 3.36 bits per heavy atom. The van der Waals surface area contributed by atoms with Crippen molar-refractivity contribution < 1.29 is 0 Å². The van der Waals surface area contributed by atoms with E-state index < -0.39 is 0 Å². The summed E-state index contributed by atoms with van der Waals surface area (Å²) in [6.45, 7) is 4.41. The van der Waals surface area contributed by atoms with Gasteiger partial charge in [0.05, 0.1) is 6.04 Å². The van der Waals surface area contributed by atoms with Crippen molar-refractivity contribution >= 4 is 11.3 Å². The van der Waals surface area contributed by atoms with Crippen molar-refractivity contribution in [3.63, 3.8) is 0 Å². The van der Waals surface area contributed by atoms with E-state index in [1.807, 2.05) is 11.6 Å². The predicted molar refractivity (Wildman–Crippen MR) is 59.6 cm³/mol. The van der Waals surface area contributed by atoms with Crippen molar-refractivity contribution in [2.75, 3.05) is 13.1 Å². The van der Waals surface area contributed by atoms with Crippen LogP contribution in [0.25, 0.3) is 0 Å². The predicted octanol–water partition coefficient (Wildman–Crippen LogP) is 1.55. The second-order valence-electron chi connectivity index (χ2n) is 3.79. The smallest absolute Gasteiger partial charge is 0.109 e. The van der Waals surface area contributed by atoms with Gasteiger partial charge in [-0.25, -0.2) is 4.98 Å². The van der Waals surface area contributed by atoms with Crippen LogP contribution in [-0.2, 0) is 0 Å². The average Bonchev–Trinajstić information content (AvgIpc) is 2.87. The Morgan fingerprint density at radius 2 is 2.71 bits per heavy atom. The van der Waals surface area contributed by atoms with Gasteiger partial charge in [0.25, 0.3) is 0 Å². The van der Waals surface area contributed by atoms with E-state index in [0.29, 0.717) is 12.1 Å². The summed E-state index contributed by atoms with van der Waals surface area (Å²) in [5, 5.41) is 10.2. The van der Waals surface area contributed by atoms with E-state index in [1.54, 1.807) is 11.3 Å². The average molecular weight is 211 g/mol. The lowest BCUT2D eigenvalue weighted by Crippen LogP contribution is -2.35. The maximum absolute atomic E-state index is 4.30. The molecule has 1 aromatic heterocycles. The molecule has 3 nitrogen and oxygen atoms in total. The van der Waals surface area contributed by atoms with Gasteiger partial charge >= 0.3 is 0 Å². The van der Waals surface area contributed by atoms with Crippen molar-refractivity contribution in [1.29, 1.82) is 0 Å². The zero-order valence-electron chi connectivity index (χ0n) is 8.49. The molecule has 0 bridgehead atoms. The van der Waals surface area contributed by atoms with Crippen molar-refractivity contribution in [3.8, 4) is 0 Å². The first-order valence-electron chi connectivity index (χ1n) is 5.22. The number of hydrogen-bond acceptors (Lipinski definition) is 4. The lowest BCUT2D eigenvalue weighted by atomic mass is 10.2. The largest absolute Gasteiger partial charge is 0.313 e. The number of thiazole rings is 1. The molecule has 1 fully saturated rings. The molecule has 0 saturated carbocycles. The summed E-state index contributed by atoms with van der Waals surface area (Å²) < 4.78 is 0. The third-order valence-electron chi connectivity index (χ3n) is 2.65. The third kappa shape index (κ3) is 2.53. The van der Waals surface area contributed by atoms with Crippen molar-refractivity contribution in [3.05, 3.63) is 16.6 Å². The van der Waals surface area contributed by atoms with Gasteiger partial charge in [0.1, 0.15) is 5.01 Å². The second kappa shape index (κ2) is 4.87. The molecule has 0 aliphatic carbocycles. The molecule has 14 heavy (non-hydrogen) atoms. The summed E-state index contributed by atoms with van der Waals surface area (Å²) in [5.74, 6) is 0. The number of rotatable bonds is 4. The van der Waals surface area contributed by atoms with Gasteiger partial charge in [0.2, 0.25) is 0 Å². The van der Waals surface area contributed by atoms with Crippen LogP contribution in [0.1, 0.15) is 30.8 Å². The van der Waals surface area contributed by atoms with Crippen LogP contribution in [0.4, 0.5) is 0 Å². The maximum Gasteiger partial charge on any atom is 0.109 e. The first kappa shape index (κ1) is 10.1. The minimum atomic E-state index is 0.386. The van der Waals surface area contributed by atoms with Gasteiger partial charge in [-0.2, -0.15) is 0 Å². The van der Waals surface area contributed by atoms with E-state index in [0.717, 1.165) is 6.54 Å². The van der Waals surface area contributed by atoms with E-state index in [1.165, 1.54) is 24.4 Å². The van der Waals surface area contributed by atoms with Gasteiger partial charge in [-0.15, -0.1) is 11.3 Å². The molecule has 2 rings (SSSR count). The van der Waals surface area contributed by atoms with E-state index in [-0.39, 0.29) is 0 Å². The molecule has 2 atom stereocenters. The minimum absolute atomic E-state index is 0.386. The summed E-state index contributed by atoms with van der Waals surface area (Å²) in [7, 11) is 0. The van der Waals surface area contributed by atoms with Gasteiger partial charge in [0, 0.05) is 24.2 Å². The fourth-order valence-electron chi connectivity index (χ4n) is 1.79. The third-order valence-corrected chi connectivity index (χ3v) is 3.61. The van der Waals surface area contributed by atoms with Crippen LogP contribution >= 0.6 is 11.3 Å². The minimum Gasteiger partial charge on any atom is -0.313 e. The van der Waals surface area contributed by atoms with Crippen LogP contribution in [0.3, 0.4) is 0 Å². The molecule has 2 heterocycles. The number of nitrogens with zero attached hydrogens (tertiary/aromatic N) is 1. The second-order valence-corrected chi connectivity index (χ2v) is 4.72. The summed E-state index contributed by atoms with van der Waals surface area (Å²) in [4.78, 5) is 4.30. The Hall–Kier alpha value is -0.450. The zero-order valence-corrected chi connectivity index (χ0v) is 9.31. The highest BCUT2D eigenvalue weighted by Crippen LogP contribution is 2.15. The van der Waals surface area contributed by atoms with E-state index >= 15 is 0 Å². The summed E-state index contributed by atoms with van der Waals surface area (Å²) in [5.41, 5.74) is 0. The van der Waals surface area contributed by atoms with Crippen LogP contribution in [0.5, 0.6) is 0 Å². The Bertz CT molecular complexity index is 254. The number of nitrogens with one attached hydrogen (secondary N) is 2. The topological polar surface area (TPSA) is 37.0 Å². The van der Waals surface area contributed by atoms with Gasteiger partial charge in [-0.05, 0) is 26.3 Å². The summed E-state index contributed by atoms with van der Waals surface area (Å²) in [6, 6.07) is 1.05. The van der Waals surface area contributed by atoms with Crippen molar-refractivity contribution in [2.45, 2.75) is 31.8 Å². The summed E-state index contributed by atoms with van der Waals surface area (Å²) in [6.07, 6.45) is 4.49. The highest BCUT2D eigenvalue weighted by Gasteiger charge is 2.15. The molecule has 1 aliphatic rings. The first-order valence-corrected chi connectivity index (χ1v) is 6.10. The lowest BCUT2D eigenvalue weighted by Gasteiger charge is -2.15. The molecule has 78 valence electrons. The SMILES string of the molecule is C[C@@H](NC[C@H]1CCCN1)c1nccs1. The lowest BCUT2D eigenvalue weighted by molar-refractivity contribution is 0.489. The van der Waals surface area contributed by atoms with Crippen LogP contribution < -0.4 is 10.6 Å². The van der Waals surface area contributed by atoms with E-state index in [9.17, 15) is 0 Å². The van der Waals surface area contributed by atoms with Crippen LogP contribution in [0, 0.1) is 0 Å². The normalized spacial score (nSPS) is 23.9. The first-order chi connectivity index (χ1) is 6.86. The molecule has 0 unspecified atom stereocenters. The quantitative estimate of drug-likeness (QED) is 0.793. The van der Waals surface area contributed by atoms with Crippen molar-refractivity contribution in [2.24, 2.45) is 0 Å². The molecule has 2 N–H and O–H groups in total. The number of hydrogen-bond donors (Lipinski definition) is 2. The summed E-state index contributed by atoms with van der Waals surface area (Å²) >= 11 is 1.72. The molecule has 0 spiro atoms. The monoisotopic (exact) mass is 211 g/mol. The fourth-order valence-corrected chi connectivity index (χ4v) is 2.46. The standard InChI is InChI=1S/C10H17N3S/c1-8(10-12-5-6-14-10)13-7-9-3-2-4-11-9/h5-6,8-9,11,13H,2-4,7H2,1H3/t8-,9-/m1/s1.